The second-order valence-electron chi connectivity index (χ2n) is 3.84. The molecule has 1 unspecified atom stereocenters. The van der Waals surface area contributed by atoms with Crippen LogP contribution in [0.1, 0.15) is 23.2 Å². The van der Waals surface area contributed by atoms with Gasteiger partial charge in [-0.25, -0.2) is 0 Å². The van der Waals surface area contributed by atoms with Gasteiger partial charge in [-0.2, -0.15) is 0 Å². The lowest BCUT2D eigenvalue weighted by molar-refractivity contribution is -0.130. The van der Waals surface area contributed by atoms with E-state index in [-0.39, 0.29) is 5.91 Å². The Morgan fingerprint density at radius 2 is 2.22 bits per heavy atom. The van der Waals surface area contributed by atoms with E-state index in [0.29, 0.717) is 23.1 Å². The number of halogens is 1. The fraction of sp³-hybridized carbons (Fsp3) is 0.364. The number of hydrogen-bond acceptors (Lipinski definition) is 4. The number of pyridine rings is 1. The van der Waals surface area contributed by atoms with Crippen LogP contribution in [0.2, 0.25) is 0 Å². The maximum absolute atomic E-state index is 11.7. The van der Waals surface area contributed by atoms with Crippen molar-refractivity contribution in [3.63, 3.8) is 0 Å². The molecule has 0 radical (unpaired) electrons. The predicted molar refractivity (Wildman–Crippen MR) is 66.5 cm³/mol. The number of hydrazine groups is 1. The molecule has 0 aromatic carbocycles. The van der Waals surface area contributed by atoms with Gasteiger partial charge < -0.3 is 4.74 Å². The number of carbonyl (C=O) groups is 2. The van der Waals surface area contributed by atoms with E-state index < -0.39 is 12.0 Å². The van der Waals surface area contributed by atoms with Crippen molar-refractivity contribution < 1.29 is 14.3 Å². The van der Waals surface area contributed by atoms with E-state index in [0.717, 1.165) is 6.42 Å². The molecule has 1 aliphatic heterocycles. The third-order valence-corrected chi connectivity index (χ3v) is 2.92. The van der Waals surface area contributed by atoms with Crippen molar-refractivity contribution in [1.82, 2.24) is 15.8 Å². The second kappa shape index (κ2) is 5.92. The lowest BCUT2D eigenvalue weighted by Crippen LogP contribution is -2.46. The maximum Gasteiger partial charge on any atom is 0.271 e. The first-order valence-electron chi connectivity index (χ1n) is 5.49. The fourth-order valence-electron chi connectivity index (χ4n) is 1.59. The zero-order valence-corrected chi connectivity index (χ0v) is 11.1. The molecule has 1 fully saturated rings. The molecule has 6 nitrogen and oxygen atoms in total. The third kappa shape index (κ3) is 3.27. The van der Waals surface area contributed by atoms with E-state index in [9.17, 15) is 9.59 Å². The molecule has 2 rings (SSSR count). The molecule has 96 valence electrons. The van der Waals surface area contributed by atoms with Crippen molar-refractivity contribution in [2.24, 2.45) is 0 Å². The number of nitrogens with zero attached hydrogens (tertiary/aromatic N) is 1. The monoisotopic (exact) mass is 313 g/mol. The van der Waals surface area contributed by atoms with Gasteiger partial charge in [-0.1, -0.05) is 0 Å². The second-order valence-corrected chi connectivity index (χ2v) is 4.75. The van der Waals surface area contributed by atoms with Crippen molar-refractivity contribution in [3.8, 4) is 0 Å². The highest BCUT2D eigenvalue weighted by molar-refractivity contribution is 9.10. The van der Waals surface area contributed by atoms with E-state index in [1.165, 1.54) is 6.20 Å². The molecule has 0 spiro atoms. The van der Waals surface area contributed by atoms with Crippen molar-refractivity contribution in [2.75, 3.05) is 6.61 Å². The Balaban J connectivity index is 1.86. The van der Waals surface area contributed by atoms with Crippen molar-refractivity contribution in [2.45, 2.75) is 18.9 Å². The maximum atomic E-state index is 11.7. The van der Waals surface area contributed by atoms with Crippen LogP contribution in [0.5, 0.6) is 0 Å². The summed E-state index contributed by atoms with van der Waals surface area (Å²) < 4.78 is 5.88. The summed E-state index contributed by atoms with van der Waals surface area (Å²) in [6, 6.07) is 1.61. The molecule has 7 heteroatoms. The van der Waals surface area contributed by atoms with Crippen LogP contribution in [-0.4, -0.2) is 29.5 Å². The van der Waals surface area contributed by atoms with Gasteiger partial charge in [-0.15, -0.1) is 0 Å². The number of hydrogen-bond donors (Lipinski definition) is 2. The SMILES string of the molecule is O=C(NNC(=O)C1CCCO1)c1cncc(Br)c1. The molecule has 1 aliphatic rings. The molecule has 2 N–H and O–H groups in total. The molecule has 18 heavy (non-hydrogen) atoms. The Bertz CT molecular complexity index is 461. The zero-order chi connectivity index (χ0) is 13.0. The number of nitrogens with one attached hydrogen (secondary N) is 2. The van der Waals surface area contributed by atoms with Crippen molar-refractivity contribution >= 4 is 27.7 Å². The molecular weight excluding hydrogens is 302 g/mol. The Labute approximate surface area is 112 Å². The lowest BCUT2D eigenvalue weighted by Gasteiger charge is -2.11. The first-order chi connectivity index (χ1) is 8.66. The number of ether oxygens (including phenoxy) is 1. The number of carbonyl (C=O) groups excluding carboxylic acids is 2. The van der Waals surface area contributed by atoms with Crippen LogP contribution < -0.4 is 10.9 Å². The minimum atomic E-state index is -0.467. The molecule has 2 heterocycles. The highest BCUT2D eigenvalue weighted by Gasteiger charge is 2.23. The topological polar surface area (TPSA) is 80.3 Å². The van der Waals surface area contributed by atoms with Gasteiger partial charge in [0.25, 0.3) is 11.8 Å². The standard InChI is InChI=1S/C11H12BrN3O3/c12-8-4-7(5-13-6-8)10(16)14-15-11(17)9-2-1-3-18-9/h4-6,9H,1-3H2,(H,14,16)(H,15,17). The number of aromatic nitrogens is 1. The molecule has 0 bridgehead atoms. The van der Waals surface area contributed by atoms with E-state index in [4.69, 9.17) is 4.74 Å². The van der Waals surface area contributed by atoms with Gasteiger partial charge in [0.1, 0.15) is 6.10 Å². The molecule has 1 aromatic heterocycles. The van der Waals surface area contributed by atoms with Crippen LogP contribution in [0.25, 0.3) is 0 Å². The van der Waals surface area contributed by atoms with Crippen molar-refractivity contribution in [3.05, 3.63) is 28.5 Å². The molecule has 1 aromatic rings. The van der Waals surface area contributed by atoms with Crippen LogP contribution in [0.3, 0.4) is 0 Å². The zero-order valence-electron chi connectivity index (χ0n) is 9.48. The fourth-order valence-corrected chi connectivity index (χ4v) is 1.96. The molecule has 1 saturated heterocycles. The number of rotatable bonds is 2. The Kier molecular flexibility index (Phi) is 4.27. The van der Waals surface area contributed by atoms with Crippen LogP contribution >= 0.6 is 15.9 Å². The highest BCUT2D eigenvalue weighted by Crippen LogP contribution is 2.11. The van der Waals surface area contributed by atoms with Gasteiger partial charge in [0, 0.05) is 23.5 Å². The van der Waals surface area contributed by atoms with Crippen LogP contribution in [0.4, 0.5) is 0 Å². The first kappa shape index (κ1) is 13.0. The average molecular weight is 314 g/mol. The van der Waals surface area contributed by atoms with E-state index in [1.54, 1.807) is 12.3 Å². The molecular formula is C11H12BrN3O3. The van der Waals surface area contributed by atoms with Gasteiger partial charge in [0.15, 0.2) is 0 Å². The summed E-state index contributed by atoms with van der Waals surface area (Å²) >= 11 is 3.21. The normalized spacial score (nSPS) is 18.4. The smallest absolute Gasteiger partial charge is 0.271 e. The van der Waals surface area contributed by atoms with E-state index in [1.807, 2.05) is 0 Å². The van der Waals surface area contributed by atoms with Gasteiger partial charge in [0.05, 0.1) is 5.56 Å². The van der Waals surface area contributed by atoms with E-state index in [2.05, 4.69) is 31.8 Å². The molecule has 0 aliphatic carbocycles. The van der Waals surface area contributed by atoms with Crippen molar-refractivity contribution in [1.29, 1.82) is 0 Å². The van der Waals surface area contributed by atoms with Crippen LogP contribution in [0.15, 0.2) is 22.9 Å². The van der Waals surface area contributed by atoms with Gasteiger partial charge >= 0.3 is 0 Å². The summed E-state index contributed by atoms with van der Waals surface area (Å²) in [6.45, 7) is 0.585. The Morgan fingerprint density at radius 3 is 2.89 bits per heavy atom. The number of amides is 2. The van der Waals surface area contributed by atoms with Gasteiger partial charge in [-0.05, 0) is 34.8 Å². The quantitative estimate of drug-likeness (QED) is 0.791. The molecule has 2 amide bonds. The third-order valence-electron chi connectivity index (χ3n) is 2.49. The van der Waals surface area contributed by atoms with Crippen LogP contribution in [0, 0.1) is 0 Å². The summed E-state index contributed by atoms with van der Waals surface area (Å²) in [5.41, 5.74) is 5.02. The summed E-state index contributed by atoms with van der Waals surface area (Å²) in [4.78, 5) is 27.1. The van der Waals surface area contributed by atoms with Gasteiger partial charge in [0.2, 0.25) is 0 Å². The van der Waals surface area contributed by atoms with Gasteiger partial charge in [-0.3, -0.25) is 25.4 Å². The lowest BCUT2D eigenvalue weighted by atomic mass is 10.2. The summed E-state index contributed by atoms with van der Waals surface area (Å²) in [5, 5.41) is 0. The minimum absolute atomic E-state index is 0.330. The summed E-state index contributed by atoms with van der Waals surface area (Å²) in [5.74, 6) is -0.751. The molecule has 1 atom stereocenters. The average Bonchev–Trinajstić information content (AvgIpc) is 2.89. The molecule has 0 saturated carbocycles. The summed E-state index contributed by atoms with van der Waals surface area (Å²) in [6.07, 6.45) is 4.06. The first-order valence-corrected chi connectivity index (χ1v) is 6.28. The van der Waals surface area contributed by atoms with Crippen LogP contribution in [-0.2, 0) is 9.53 Å². The Morgan fingerprint density at radius 1 is 1.39 bits per heavy atom. The highest BCUT2D eigenvalue weighted by atomic mass is 79.9. The Hall–Kier alpha value is -1.47. The summed E-state index contributed by atoms with van der Waals surface area (Å²) in [7, 11) is 0. The van der Waals surface area contributed by atoms with E-state index >= 15 is 0 Å². The minimum Gasteiger partial charge on any atom is -0.368 e. The largest absolute Gasteiger partial charge is 0.368 e. The predicted octanol–water partition coefficient (Wildman–Crippen LogP) is 0.784.